The predicted molar refractivity (Wildman–Crippen MR) is 96.3 cm³/mol. The third kappa shape index (κ3) is 3.56. The summed E-state index contributed by atoms with van der Waals surface area (Å²) in [5.74, 6) is -1.02. The number of benzene rings is 2. The smallest absolute Gasteiger partial charge is 0.319 e. The summed E-state index contributed by atoms with van der Waals surface area (Å²) in [7, 11) is 0. The van der Waals surface area contributed by atoms with Gasteiger partial charge in [-0.05, 0) is 30.7 Å². The molecule has 1 heterocycles. The molecule has 0 unspecified atom stereocenters. The van der Waals surface area contributed by atoms with Crippen LogP contribution in [-0.4, -0.2) is 11.9 Å². The fraction of sp³-hybridized carbons (Fsp3) is 0.111. The Balaban J connectivity index is 1.99. The molecular weight excluding hydrogens is 389 g/mol. The average molecular weight is 404 g/mol. The number of nitrogens with one attached hydrogen (secondary N) is 3. The van der Waals surface area contributed by atoms with Crippen LogP contribution in [0.2, 0.25) is 0 Å². The lowest BCUT2D eigenvalue weighted by molar-refractivity contribution is -0.113. The molecule has 0 fully saturated rings. The van der Waals surface area contributed by atoms with Crippen molar-refractivity contribution in [3.05, 3.63) is 75.7 Å². The molecule has 3 rings (SSSR count). The van der Waals surface area contributed by atoms with Gasteiger partial charge in [0, 0.05) is 10.2 Å². The van der Waals surface area contributed by atoms with Gasteiger partial charge in [0.15, 0.2) is 0 Å². The zero-order valence-electron chi connectivity index (χ0n) is 13.3. The zero-order chi connectivity index (χ0) is 18.0. The Hall–Kier alpha value is -2.67. The van der Waals surface area contributed by atoms with E-state index >= 15 is 0 Å². The van der Waals surface area contributed by atoms with E-state index < -0.39 is 23.8 Å². The number of para-hydroxylation sites is 1. The fourth-order valence-corrected chi connectivity index (χ4v) is 3.20. The largest absolute Gasteiger partial charge is 0.327 e. The summed E-state index contributed by atoms with van der Waals surface area (Å²) < 4.78 is 14.6. The van der Waals surface area contributed by atoms with Crippen LogP contribution >= 0.6 is 15.9 Å². The van der Waals surface area contributed by atoms with Gasteiger partial charge in [-0.3, -0.25) is 4.79 Å². The van der Waals surface area contributed by atoms with Crippen LogP contribution in [-0.2, 0) is 4.79 Å². The maximum absolute atomic E-state index is 13.8. The van der Waals surface area contributed by atoms with E-state index in [0.29, 0.717) is 11.3 Å². The Bertz CT molecular complexity index is 882. The van der Waals surface area contributed by atoms with Crippen LogP contribution in [0, 0.1) is 5.82 Å². The van der Waals surface area contributed by atoms with Gasteiger partial charge in [-0.15, -0.1) is 0 Å². The number of anilines is 1. The standard InChI is InChI=1S/C18H15BrFN3O2/c1-10-15(17(24)22-14-9-5-4-8-13(14)20)16(23-18(25)21-10)11-6-2-3-7-12(11)19/h2-9,16H,1H3,(H,22,24)(H2,21,23,25)/t16-/m1/s1. The van der Waals surface area contributed by atoms with E-state index in [1.165, 1.54) is 12.1 Å². The van der Waals surface area contributed by atoms with Gasteiger partial charge < -0.3 is 16.0 Å². The molecule has 1 atom stereocenters. The molecular formula is C18H15BrFN3O2. The maximum Gasteiger partial charge on any atom is 0.319 e. The Morgan fingerprint density at radius 3 is 2.56 bits per heavy atom. The Morgan fingerprint density at radius 1 is 1.16 bits per heavy atom. The van der Waals surface area contributed by atoms with Gasteiger partial charge in [0.05, 0.1) is 17.3 Å². The topological polar surface area (TPSA) is 70.2 Å². The normalized spacial score (nSPS) is 16.9. The molecule has 3 N–H and O–H groups in total. The molecule has 128 valence electrons. The summed E-state index contributed by atoms with van der Waals surface area (Å²) >= 11 is 3.44. The molecule has 2 aromatic rings. The molecule has 3 amide bonds. The van der Waals surface area contributed by atoms with Crippen LogP contribution in [0.3, 0.4) is 0 Å². The van der Waals surface area contributed by atoms with Gasteiger partial charge in [0.1, 0.15) is 5.82 Å². The Kier molecular flexibility index (Phi) is 4.85. The number of hydrogen-bond acceptors (Lipinski definition) is 2. The minimum Gasteiger partial charge on any atom is -0.327 e. The van der Waals surface area contributed by atoms with Gasteiger partial charge >= 0.3 is 6.03 Å². The van der Waals surface area contributed by atoms with Crippen molar-refractivity contribution >= 4 is 33.6 Å². The van der Waals surface area contributed by atoms with Gasteiger partial charge in [-0.2, -0.15) is 0 Å². The zero-order valence-corrected chi connectivity index (χ0v) is 14.9. The number of carbonyl (C=O) groups excluding carboxylic acids is 2. The first kappa shape index (κ1) is 17.2. The molecule has 0 spiro atoms. The van der Waals surface area contributed by atoms with Crippen LogP contribution in [0.5, 0.6) is 0 Å². The quantitative estimate of drug-likeness (QED) is 0.728. The van der Waals surface area contributed by atoms with E-state index in [2.05, 4.69) is 31.9 Å². The first-order valence-corrected chi connectivity index (χ1v) is 8.35. The van der Waals surface area contributed by atoms with E-state index in [-0.39, 0.29) is 5.69 Å². The highest BCUT2D eigenvalue weighted by molar-refractivity contribution is 9.10. The van der Waals surface area contributed by atoms with Crippen molar-refractivity contribution in [3.63, 3.8) is 0 Å². The molecule has 0 aliphatic carbocycles. The molecule has 0 aromatic heterocycles. The first-order chi connectivity index (χ1) is 12.0. The second-order valence-corrected chi connectivity index (χ2v) is 6.38. The van der Waals surface area contributed by atoms with Gasteiger partial charge in [0.2, 0.25) is 0 Å². The van der Waals surface area contributed by atoms with Crippen LogP contribution in [0.4, 0.5) is 14.9 Å². The van der Waals surface area contributed by atoms with E-state index in [4.69, 9.17) is 0 Å². The van der Waals surface area contributed by atoms with E-state index in [0.717, 1.165) is 10.0 Å². The molecule has 25 heavy (non-hydrogen) atoms. The fourth-order valence-electron chi connectivity index (χ4n) is 2.69. The number of allylic oxidation sites excluding steroid dienone is 1. The Morgan fingerprint density at radius 2 is 1.84 bits per heavy atom. The molecule has 7 heteroatoms. The first-order valence-electron chi connectivity index (χ1n) is 7.56. The third-order valence-corrected chi connectivity index (χ3v) is 4.57. The molecule has 2 aromatic carbocycles. The molecule has 0 saturated heterocycles. The summed E-state index contributed by atoms with van der Waals surface area (Å²) in [4.78, 5) is 24.7. The monoisotopic (exact) mass is 403 g/mol. The lowest BCUT2D eigenvalue weighted by Crippen LogP contribution is -2.46. The highest BCUT2D eigenvalue weighted by atomic mass is 79.9. The minimum atomic E-state index is -0.656. The second kappa shape index (κ2) is 7.06. The van der Waals surface area contributed by atoms with Crippen molar-refractivity contribution in [2.75, 3.05) is 5.32 Å². The van der Waals surface area contributed by atoms with Crippen molar-refractivity contribution in [2.45, 2.75) is 13.0 Å². The summed E-state index contributed by atoms with van der Waals surface area (Å²) in [6, 6.07) is 12.1. The molecule has 0 bridgehead atoms. The summed E-state index contributed by atoms with van der Waals surface area (Å²) in [6.45, 7) is 1.64. The van der Waals surface area contributed by atoms with Crippen molar-refractivity contribution in [1.82, 2.24) is 10.6 Å². The molecule has 1 aliphatic rings. The maximum atomic E-state index is 13.8. The Labute approximate surface area is 152 Å². The minimum absolute atomic E-state index is 0.0792. The van der Waals surface area contributed by atoms with Crippen molar-refractivity contribution in [1.29, 1.82) is 0 Å². The number of rotatable bonds is 3. The average Bonchev–Trinajstić information content (AvgIpc) is 2.56. The lowest BCUT2D eigenvalue weighted by atomic mass is 9.95. The number of hydrogen-bond donors (Lipinski definition) is 3. The summed E-state index contributed by atoms with van der Waals surface area (Å²) in [5, 5.41) is 7.90. The number of urea groups is 1. The molecule has 0 saturated carbocycles. The lowest BCUT2D eigenvalue weighted by Gasteiger charge is -2.29. The van der Waals surface area contributed by atoms with Crippen LogP contribution < -0.4 is 16.0 Å². The second-order valence-electron chi connectivity index (χ2n) is 5.53. The van der Waals surface area contributed by atoms with Crippen LogP contribution in [0.1, 0.15) is 18.5 Å². The molecule has 5 nitrogen and oxygen atoms in total. The van der Waals surface area contributed by atoms with E-state index in [1.807, 2.05) is 24.3 Å². The predicted octanol–water partition coefficient (Wildman–Crippen LogP) is 3.85. The van der Waals surface area contributed by atoms with Crippen molar-refractivity contribution in [3.8, 4) is 0 Å². The van der Waals surface area contributed by atoms with Crippen molar-refractivity contribution < 1.29 is 14.0 Å². The van der Waals surface area contributed by atoms with Crippen molar-refractivity contribution in [2.24, 2.45) is 0 Å². The summed E-state index contributed by atoms with van der Waals surface area (Å²) in [5.41, 5.74) is 1.54. The van der Waals surface area contributed by atoms with E-state index in [1.54, 1.807) is 19.1 Å². The number of carbonyl (C=O) groups is 2. The SMILES string of the molecule is CC1=C(C(=O)Nc2ccccc2F)[C@@H](c2ccccc2Br)NC(=O)N1. The van der Waals surface area contributed by atoms with Crippen LogP contribution in [0.15, 0.2) is 64.3 Å². The van der Waals surface area contributed by atoms with E-state index in [9.17, 15) is 14.0 Å². The van der Waals surface area contributed by atoms with Gasteiger partial charge in [-0.1, -0.05) is 46.3 Å². The highest BCUT2D eigenvalue weighted by Gasteiger charge is 2.32. The number of amides is 3. The van der Waals surface area contributed by atoms with Crippen LogP contribution in [0.25, 0.3) is 0 Å². The summed E-state index contributed by atoms with van der Waals surface area (Å²) in [6.07, 6.45) is 0. The molecule has 0 radical (unpaired) electrons. The highest BCUT2D eigenvalue weighted by Crippen LogP contribution is 2.32. The number of halogens is 2. The third-order valence-electron chi connectivity index (χ3n) is 3.85. The molecule has 1 aliphatic heterocycles. The van der Waals surface area contributed by atoms with Gasteiger partial charge in [0.25, 0.3) is 5.91 Å². The van der Waals surface area contributed by atoms with Gasteiger partial charge in [-0.25, -0.2) is 9.18 Å².